The maximum atomic E-state index is 5.32. The van der Waals surface area contributed by atoms with E-state index in [0.29, 0.717) is 0 Å². The van der Waals surface area contributed by atoms with Gasteiger partial charge in [-0.15, -0.1) is 0 Å². The molecule has 1 aliphatic heterocycles. The molecule has 1 aromatic heterocycles. The van der Waals surface area contributed by atoms with Crippen LogP contribution >= 0.6 is 0 Å². The Kier molecular flexibility index (Phi) is 4.97. The zero-order valence-electron chi connectivity index (χ0n) is 10.5. The molecular formula is C12H22N4O. The fraction of sp³-hybridized carbons (Fsp3) is 0.750. The fourth-order valence-electron chi connectivity index (χ4n) is 2.03. The van der Waals surface area contributed by atoms with Gasteiger partial charge in [0.1, 0.15) is 0 Å². The lowest BCUT2D eigenvalue weighted by Gasteiger charge is -2.26. The molecule has 1 saturated heterocycles. The van der Waals surface area contributed by atoms with Gasteiger partial charge in [-0.25, -0.2) is 0 Å². The van der Waals surface area contributed by atoms with Crippen molar-refractivity contribution in [2.45, 2.75) is 19.9 Å². The lowest BCUT2D eigenvalue weighted by molar-refractivity contribution is 0.0374. The Morgan fingerprint density at radius 2 is 2.29 bits per heavy atom. The summed E-state index contributed by atoms with van der Waals surface area (Å²) in [5.74, 6) is 0. The summed E-state index contributed by atoms with van der Waals surface area (Å²) in [6, 6.07) is 2.08. The normalized spacial score (nSPS) is 17.5. The molecule has 1 fully saturated rings. The highest BCUT2D eigenvalue weighted by atomic mass is 16.5. The summed E-state index contributed by atoms with van der Waals surface area (Å²) in [5, 5.41) is 10.6. The molecule has 5 heteroatoms. The van der Waals surface area contributed by atoms with Gasteiger partial charge in [0, 0.05) is 25.3 Å². The zero-order valence-corrected chi connectivity index (χ0v) is 10.5. The summed E-state index contributed by atoms with van der Waals surface area (Å²) in [5.41, 5.74) is 2.21. The number of aromatic amines is 1. The van der Waals surface area contributed by atoms with Crippen LogP contribution in [0.5, 0.6) is 0 Å². The summed E-state index contributed by atoms with van der Waals surface area (Å²) in [4.78, 5) is 2.46. The molecule has 96 valence electrons. The van der Waals surface area contributed by atoms with Crippen LogP contribution in [-0.4, -0.2) is 54.5 Å². The number of H-pyrrole nitrogens is 1. The van der Waals surface area contributed by atoms with Gasteiger partial charge >= 0.3 is 0 Å². The minimum Gasteiger partial charge on any atom is -0.379 e. The SMILES string of the molecule is Cc1cc(CNCCCN2CCOCC2)n[nH]1. The monoisotopic (exact) mass is 238 g/mol. The quantitative estimate of drug-likeness (QED) is 0.710. The number of ether oxygens (including phenoxy) is 1. The molecule has 2 rings (SSSR count). The van der Waals surface area contributed by atoms with E-state index in [0.717, 1.165) is 57.3 Å². The van der Waals surface area contributed by atoms with E-state index in [-0.39, 0.29) is 0 Å². The van der Waals surface area contributed by atoms with Crippen molar-refractivity contribution in [3.05, 3.63) is 17.5 Å². The molecule has 0 bridgehead atoms. The highest BCUT2D eigenvalue weighted by Gasteiger charge is 2.08. The number of nitrogens with zero attached hydrogens (tertiary/aromatic N) is 2. The van der Waals surface area contributed by atoms with Crippen LogP contribution in [-0.2, 0) is 11.3 Å². The van der Waals surface area contributed by atoms with Crippen molar-refractivity contribution >= 4 is 0 Å². The second kappa shape index (κ2) is 6.74. The van der Waals surface area contributed by atoms with Crippen molar-refractivity contribution in [3.63, 3.8) is 0 Å². The van der Waals surface area contributed by atoms with Gasteiger partial charge in [0.2, 0.25) is 0 Å². The van der Waals surface area contributed by atoms with Gasteiger partial charge in [-0.3, -0.25) is 10.00 Å². The van der Waals surface area contributed by atoms with Crippen LogP contribution in [0, 0.1) is 6.92 Å². The molecule has 0 atom stereocenters. The average molecular weight is 238 g/mol. The van der Waals surface area contributed by atoms with Gasteiger partial charge in [0.15, 0.2) is 0 Å². The Balaban J connectivity index is 1.51. The van der Waals surface area contributed by atoms with E-state index in [2.05, 4.69) is 26.5 Å². The number of hydrogen-bond donors (Lipinski definition) is 2. The lowest BCUT2D eigenvalue weighted by atomic mass is 10.3. The fourth-order valence-corrected chi connectivity index (χ4v) is 2.03. The molecule has 1 aromatic rings. The van der Waals surface area contributed by atoms with Crippen molar-refractivity contribution in [1.29, 1.82) is 0 Å². The number of aromatic nitrogens is 2. The molecule has 0 radical (unpaired) electrons. The molecule has 17 heavy (non-hydrogen) atoms. The topological polar surface area (TPSA) is 53.2 Å². The van der Waals surface area contributed by atoms with E-state index in [4.69, 9.17) is 4.74 Å². The Labute approximate surface area is 103 Å². The molecule has 2 N–H and O–H groups in total. The lowest BCUT2D eigenvalue weighted by Crippen LogP contribution is -2.37. The van der Waals surface area contributed by atoms with Crippen molar-refractivity contribution in [3.8, 4) is 0 Å². The van der Waals surface area contributed by atoms with E-state index in [1.807, 2.05) is 6.92 Å². The first kappa shape index (κ1) is 12.5. The Bertz CT molecular complexity index is 320. The Morgan fingerprint density at radius 3 is 3.00 bits per heavy atom. The third kappa shape index (κ3) is 4.46. The summed E-state index contributed by atoms with van der Waals surface area (Å²) >= 11 is 0. The first-order chi connectivity index (χ1) is 8.34. The second-order valence-corrected chi connectivity index (χ2v) is 4.53. The van der Waals surface area contributed by atoms with Gasteiger partial charge < -0.3 is 10.1 Å². The zero-order chi connectivity index (χ0) is 11.9. The third-order valence-corrected chi connectivity index (χ3v) is 3.00. The molecule has 0 amide bonds. The van der Waals surface area contributed by atoms with Gasteiger partial charge in [0.25, 0.3) is 0 Å². The van der Waals surface area contributed by atoms with Crippen molar-refractivity contribution in [1.82, 2.24) is 20.4 Å². The van der Waals surface area contributed by atoms with Crippen LogP contribution in [0.1, 0.15) is 17.8 Å². The van der Waals surface area contributed by atoms with Crippen molar-refractivity contribution < 1.29 is 4.74 Å². The Hall–Kier alpha value is -0.910. The molecule has 0 unspecified atom stereocenters. The summed E-state index contributed by atoms with van der Waals surface area (Å²) in [7, 11) is 0. The number of aryl methyl sites for hydroxylation is 1. The van der Waals surface area contributed by atoms with E-state index >= 15 is 0 Å². The van der Waals surface area contributed by atoms with Crippen LogP contribution in [0.3, 0.4) is 0 Å². The van der Waals surface area contributed by atoms with Crippen LogP contribution in [0.4, 0.5) is 0 Å². The van der Waals surface area contributed by atoms with Gasteiger partial charge in [-0.2, -0.15) is 5.10 Å². The molecular weight excluding hydrogens is 216 g/mol. The maximum absolute atomic E-state index is 5.32. The molecule has 2 heterocycles. The van der Waals surface area contributed by atoms with Crippen LogP contribution < -0.4 is 5.32 Å². The predicted octanol–water partition coefficient (Wildman–Crippen LogP) is 0.530. The first-order valence-corrected chi connectivity index (χ1v) is 6.36. The van der Waals surface area contributed by atoms with Crippen molar-refractivity contribution in [2.24, 2.45) is 0 Å². The first-order valence-electron chi connectivity index (χ1n) is 6.36. The van der Waals surface area contributed by atoms with Crippen molar-refractivity contribution in [2.75, 3.05) is 39.4 Å². The molecule has 1 aliphatic rings. The minimum absolute atomic E-state index is 0.855. The standard InChI is InChI=1S/C12H22N4O/c1-11-9-12(15-14-11)10-13-3-2-4-16-5-7-17-8-6-16/h9,13H,2-8,10H2,1H3,(H,14,15). The van der Waals surface area contributed by atoms with Gasteiger partial charge in [-0.05, 0) is 32.5 Å². The number of rotatable bonds is 6. The molecule has 0 spiro atoms. The van der Waals surface area contributed by atoms with Crippen LogP contribution in [0.25, 0.3) is 0 Å². The van der Waals surface area contributed by atoms with E-state index < -0.39 is 0 Å². The maximum Gasteiger partial charge on any atom is 0.0762 e. The van der Waals surface area contributed by atoms with Gasteiger partial charge in [-0.1, -0.05) is 0 Å². The minimum atomic E-state index is 0.855. The highest BCUT2D eigenvalue weighted by molar-refractivity contribution is 5.05. The summed E-state index contributed by atoms with van der Waals surface area (Å²) in [6.07, 6.45) is 1.18. The Morgan fingerprint density at radius 1 is 1.47 bits per heavy atom. The molecule has 5 nitrogen and oxygen atoms in total. The third-order valence-electron chi connectivity index (χ3n) is 3.00. The number of hydrogen-bond acceptors (Lipinski definition) is 4. The second-order valence-electron chi connectivity index (χ2n) is 4.53. The van der Waals surface area contributed by atoms with Gasteiger partial charge in [0.05, 0.1) is 18.9 Å². The largest absolute Gasteiger partial charge is 0.379 e. The molecule has 0 aromatic carbocycles. The summed E-state index contributed by atoms with van der Waals surface area (Å²) in [6.45, 7) is 9.03. The van der Waals surface area contributed by atoms with E-state index in [1.165, 1.54) is 6.42 Å². The van der Waals surface area contributed by atoms with Crippen LogP contribution in [0.2, 0.25) is 0 Å². The molecule has 0 saturated carbocycles. The van der Waals surface area contributed by atoms with Crippen LogP contribution in [0.15, 0.2) is 6.07 Å². The van der Waals surface area contributed by atoms with E-state index in [1.54, 1.807) is 0 Å². The highest BCUT2D eigenvalue weighted by Crippen LogP contribution is 1.98. The average Bonchev–Trinajstić information content (AvgIpc) is 2.76. The predicted molar refractivity (Wildman–Crippen MR) is 66.9 cm³/mol. The summed E-state index contributed by atoms with van der Waals surface area (Å²) < 4.78 is 5.32. The number of morpholine rings is 1. The smallest absolute Gasteiger partial charge is 0.0762 e. The number of nitrogens with one attached hydrogen (secondary N) is 2. The molecule has 0 aliphatic carbocycles. The van der Waals surface area contributed by atoms with E-state index in [9.17, 15) is 0 Å².